The summed E-state index contributed by atoms with van der Waals surface area (Å²) >= 11 is 1.34. The Bertz CT molecular complexity index is 1090. The van der Waals surface area contributed by atoms with Gasteiger partial charge >= 0.3 is 5.97 Å². The molecule has 0 saturated carbocycles. The van der Waals surface area contributed by atoms with Crippen molar-refractivity contribution in [2.45, 2.75) is 4.90 Å². The first-order valence-corrected chi connectivity index (χ1v) is 9.72. The van der Waals surface area contributed by atoms with E-state index in [-0.39, 0.29) is 11.7 Å². The molecule has 7 heteroatoms. The molecule has 0 aliphatic heterocycles. The van der Waals surface area contributed by atoms with Crippen LogP contribution in [-0.2, 0) is 14.4 Å². The van der Waals surface area contributed by atoms with Crippen molar-refractivity contribution in [3.05, 3.63) is 78.9 Å². The summed E-state index contributed by atoms with van der Waals surface area (Å²) in [4.78, 5) is 35.2. The number of anilines is 2. The third kappa shape index (κ3) is 6.22. The van der Waals surface area contributed by atoms with Crippen molar-refractivity contribution in [2.24, 2.45) is 0 Å². The first-order valence-electron chi connectivity index (χ1n) is 8.73. The van der Waals surface area contributed by atoms with Crippen molar-refractivity contribution < 1.29 is 19.5 Å². The van der Waals surface area contributed by atoms with E-state index in [1.807, 2.05) is 48.5 Å². The van der Waals surface area contributed by atoms with Gasteiger partial charge in [0.15, 0.2) is 0 Å². The number of carbonyl (C=O) groups is 3. The van der Waals surface area contributed by atoms with Crippen LogP contribution in [0.5, 0.6) is 0 Å². The van der Waals surface area contributed by atoms with E-state index in [4.69, 9.17) is 5.11 Å². The van der Waals surface area contributed by atoms with E-state index in [2.05, 4.69) is 10.6 Å². The summed E-state index contributed by atoms with van der Waals surface area (Å²) in [6, 6.07) is 20.7. The molecule has 0 radical (unpaired) electrons. The number of benzene rings is 3. The molecule has 0 saturated heterocycles. The third-order valence-electron chi connectivity index (χ3n) is 3.88. The Morgan fingerprint density at radius 1 is 0.828 bits per heavy atom. The Kier molecular flexibility index (Phi) is 6.65. The molecule has 0 heterocycles. The van der Waals surface area contributed by atoms with Crippen LogP contribution < -0.4 is 10.6 Å². The molecule has 6 nitrogen and oxygen atoms in total. The molecule has 146 valence electrons. The lowest BCUT2D eigenvalue weighted by molar-refractivity contribution is -0.131. The zero-order valence-corrected chi connectivity index (χ0v) is 16.1. The lowest BCUT2D eigenvalue weighted by atomic mass is 10.1. The van der Waals surface area contributed by atoms with Gasteiger partial charge < -0.3 is 15.7 Å². The maximum atomic E-state index is 12.3. The molecule has 0 unspecified atom stereocenters. The summed E-state index contributed by atoms with van der Waals surface area (Å²) in [6.07, 6.45) is 1.71. The number of thioether (sulfide) groups is 1. The predicted molar refractivity (Wildman–Crippen MR) is 115 cm³/mol. The Hall–Kier alpha value is -3.58. The third-order valence-corrected chi connectivity index (χ3v) is 4.88. The van der Waals surface area contributed by atoms with Crippen molar-refractivity contribution in [3.63, 3.8) is 0 Å². The number of rotatable bonds is 7. The molecule has 3 N–H and O–H groups in total. The summed E-state index contributed by atoms with van der Waals surface area (Å²) in [5, 5.41) is 16.2. The van der Waals surface area contributed by atoms with Crippen LogP contribution >= 0.6 is 11.8 Å². The molecule has 0 atom stereocenters. The van der Waals surface area contributed by atoms with Crippen molar-refractivity contribution in [1.82, 2.24) is 0 Å². The van der Waals surface area contributed by atoms with E-state index in [1.54, 1.807) is 18.2 Å². The smallest absolute Gasteiger partial charge is 0.328 e. The second kappa shape index (κ2) is 9.57. The van der Waals surface area contributed by atoms with Gasteiger partial charge in [0.25, 0.3) is 0 Å². The van der Waals surface area contributed by atoms with Gasteiger partial charge in [0.1, 0.15) is 0 Å². The fourth-order valence-corrected chi connectivity index (χ4v) is 3.36. The van der Waals surface area contributed by atoms with Crippen LogP contribution in [0.25, 0.3) is 10.8 Å². The molecule has 0 spiro atoms. The SMILES string of the molecule is O=C(O)/C=C/C(=O)Nc1cccc(SCC(=O)Nc2ccc3ccccc3c2)c1. The zero-order chi connectivity index (χ0) is 20.6. The summed E-state index contributed by atoms with van der Waals surface area (Å²) < 4.78 is 0. The highest BCUT2D eigenvalue weighted by molar-refractivity contribution is 8.00. The number of amides is 2. The van der Waals surface area contributed by atoms with Gasteiger partial charge in [-0.15, -0.1) is 11.8 Å². The fourth-order valence-electron chi connectivity index (χ4n) is 2.61. The van der Waals surface area contributed by atoms with Gasteiger partial charge in [0.05, 0.1) is 5.75 Å². The summed E-state index contributed by atoms with van der Waals surface area (Å²) in [7, 11) is 0. The Morgan fingerprint density at radius 2 is 1.59 bits per heavy atom. The molecule has 0 bridgehead atoms. The van der Waals surface area contributed by atoms with E-state index < -0.39 is 11.9 Å². The minimum atomic E-state index is -1.19. The quantitative estimate of drug-likeness (QED) is 0.405. The van der Waals surface area contributed by atoms with E-state index >= 15 is 0 Å². The molecular weight excluding hydrogens is 388 g/mol. The highest BCUT2D eigenvalue weighted by atomic mass is 32.2. The highest BCUT2D eigenvalue weighted by Crippen LogP contribution is 2.23. The van der Waals surface area contributed by atoms with E-state index in [9.17, 15) is 14.4 Å². The number of carbonyl (C=O) groups excluding carboxylic acids is 2. The first-order chi connectivity index (χ1) is 14.0. The number of hydrogen-bond acceptors (Lipinski definition) is 4. The highest BCUT2D eigenvalue weighted by Gasteiger charge is 2.06. The van der Waals surface area contributed by atoms with E-state index in [0.29, 0.717) is 5.69 Å². The molecule has 2 amide bonds. The maximum absolute atomic E-state index is 12.3. The number of nitrogens with one attached hydrogen (secondary N) is 2. The van der Waals surface area contributed by atoms with Gasteiger partial charge in [-0.25, -0.2) is 4.79 Å². The Labute approximate surface area is 171 Å². The fraction of sp³-hybridized carbons (Fsp3) is 0.0455. The Balaban J connectivity index is 1.55. The summed E-state index contributed by atoms with van der Waals surface area (Å²) in [5.41, 5.74) is 1.26. The summed E-state index contributed by atoms with van der Waals surface area (Å²) in [6.45, 7) is 0. The van der Waals surface area contributed by atoms with Gasteiger partial charge in [-0.2, -0.15) is 0 Å². The molecule has 0 aliphatic carbocycles. The van der Waals surface area contributed by atoms with Crippen LogP contribution in [0.4, 0.5) is 11.4 Å². The molecule has 0 aromatic heterocycles. The lowest BCUT2D eigenvalue weighted by Crippen LogP contribution is -2.14. The number of aliphatic carboxylic acids is 1. The number of carboxylic acid groups (broad SMARTS) is 1. The molecule has 3 aromatic rings. The zero-order valence-electron chi connectivity index (χ0n) is 15.3. The average Bonchev–Trinajstić information content (AvgIpc) is 2.71. The average molecular weight is 406 g/mol. The van der Waals surface area contributed by atoms with E-state index in [1.165, 1.54) is 11.8 Å². The topological polar surface area (TPSA) is 95.5 Å². The van der Waals surface area contributed by atoms with E-state index in [0.717, 1.165) is 33.5 Å². The molecular formula is C22H18N2O4S. The molecule has 3 rings (SSSR count). The number of hydrogen-bond donors (Lipinski definition) is 3. The summed E-state index contributed by atoms with van der Waals surface area (Å²) in [5.74, 6) is -1.65. The normalized spacial score (nSPS) is 10.8. The number of fused-ring (bicyclic) bond motifs is 1. The van der Waals surface area contributed by atoms with Crippen LogP contribution in [0, 0.1) is 0 Å². The van der Waals surface area contributed by atoms with Gasteiger partial charge in [-0.3, -0.25) is 9.59 Å². The second-order valence-corrected chi connectivity index (χ2v) is 7.14. The monoisotopic (exact) mass is 406 g/mol. The van der Waals surface area contributed by atoms with Crippen LogP contribution in [0.3, 0.4) is 0 Å². The minimum Gasteiger partial charge on any atom is -0.478 e. The largest absolute Gasteiger partial charge is 0.478 e. The molecule has 0 aliphatic rings. The van der Waals surface area contributed by atoms with Gasteiger partial charge in [-0.1, -0.05) is 36.4 Å². The van der Waals surface area contributed by atoms with Crippen LogP contribution in [0.2, 0.25) is 0 Å². The van der Waals surface area contributed by atoms with Crippen LogP contribution in [0.15, 0.2) is 83.8 Å². The molecule has 29 heavy (non-hydrogen) atoms. The van der Waals surface area contributed by atoms with Gasteiger partial charge in [0, 0.05) is 28.4 Å². The maximum Gasteiger partial charge on any atom is 0.328 e. The van der Waals surface area contributed by atoms with Crippen molar-refractivity contribution in [1.29, 1.82) is 0 Å². The van der Waals surface area contributed by atoms with Gasteiger partial charge in [0.2, 0.25) is 11.8 Å². The lowest BCUT2D eigenvalue weighted by Gasteiger charge is -2.08. The standard InChI is InChI=1S/C22H18N2O4S/c25-20(10-11-22(27)28)23-17-6-3-7-19(13-17)29-14-21(26)24-18-9-8-15-4-1-2-5-16(15)12-18/h1-13H,14H2,(H,23,25)(H,24,26)(H,27,28)/b11-10+. The molecule has 0 fully saturated rings. The first kappa shape index (κ1) is 20.2. The predicted octanol–water partition coefficient (Wildman–Crippen LogP) is 4.15. The minimum absolute atomic E-state index is 0.135. The molecule has 3 aromatic carbocycles. The van der Waals surface area contributed by atoms with Crippen molar-refractivity contribution in [2.75, 3.05) is 16.4 Å². The number of carboxylic acids is 1. The Morgan fingerprint density at radius 3 is 2.38 bits per heavy atom. The van der Waals surface area contributed by atoms with Crippen molar-refractivity contribution >= 4 is 51.7 Å². The van der Waals surface area contributed by atoms with Crippen molar-refractivity contribution in [3.8, 4) is 0 Å². The van der Waals surface area contributed by atoms with Crippen LogP contribution in [-0.4, -0.2) is 28.6 Å². The van der Waals surface area contributed by atoms with Gasteiger partial charge in [-0.05, 0) is 41.1 Å². The second-order valence-electron chi connectivity index (χ2n) is 6.09. The van der Waals surface area contributed by atoms with Crippen LogP contribution in [0.1, 0.15) is 0 Å².